The molecule has 3 rings (SSSR count). The highest BCUT2D eigenvalue weighted by molar-refractivity contribution is 5.96. The number of carbonyl (C=O) groups is 1. The molecule has 0 atom stereocenters. The number of aromatic nitrogens is 2. The van der Waals surface area contributed by atoms with E-state index in [4.69, 9.17) is 15.2 Å². The third-order valence-electron chi connectivity index (χ3n) is 4.53. The lowest BCUT2D eigenvalue weighted by Crippen LogP contribution is -2.41. The Labute approximate surface area is 172 Å². The summed E-state index contributed by atoms with van der Waals surface area (Å²) in [5, 5.41) is 0. The van der Waals surface area contributed by atoms with Crippen molar-refractivity contribution in [2.45, 2.75) is 6.54 Å². The van der Waals surface area contributed by atoms with E-state index in [0.717, 1.165) is 10.5 Å². The Hall–Kier alpha value is -4.01. The smallest absolute Gasteiger partial charge is 0.330 e. The van der Waals surface area contributed by atoms with Crippen LogP contribution in [0.2, 0.25) is 0 Å². The number of rotatable bonds is 7. The first-order valence-electron chi connectivity index (χ1n) is 9.10. The van der Waals surface area contributed by atoms with Crippen LogP contribution in [0, 0.1) is 0 Å². The molecule has 1 amide bonds. The largest absolute Gasteiger partial charge is 0.497 e. The first-order chi connectivity index (χ1) is 14.4. The molecule has 9 heteroatoms. The van der Waals surface area contributed by atoms with Gasteiger partial charge >= 0.3 is 5.69 Å². The summed E-state index contributed by atoms with van der Waals surface area (Å²) in [6, 6.07) is 15.9. The van der Waals surface area contributed by atoms with E-state index in [2.05, 4.69) is 4.98 Å². The van der Waals surface area contributed by atoms with Gasteiger partial charge in [0, 0.05) is 7.05 Å². The lowest BCUT2D eigenvalue weighted by Gasteiger charge is -2.20. The SMILES string of the molecule is COc1ccc(OCC(=O)N(C)c2c(N)n(Cc3ccccc3)c(=O)[nH]c2=O)cc1. The number of nitrogen functional groups attached to an aromatic ring is 1. The van der Waals surface area contributed by atoms with E-state index in [0.29, 0.717) is 11.5 Å². The van der Waals surface area contributed by atoms with Gasteiger partial charge in [0.05, 0.1) is 13.7 Å². The minimum absolute atomic E-state index is 0.104. The molecule has 9 nitrogen and oxygen atoms in total. The molecule has 30 heavy (non-hydrogen) atoms. The molecular weight excluding hydrogens is 388 g/mol. The predicted octanol–water partition coefficient (Wildman–Crippen LogP) is 1.22. The third kappa shape index (κ3) is 4.52. The monoisotopic (exact) mass is 410 g/mol. The maximum absolute atomic E-state index is 12.6. The number of anilines is 2. The van der Waals surface area contributed by atoms with Gasteiger partial charge < -0.3 is 20.1 Å². The summed E-state index contributed by atoms with van der Waals surface area (Å²) < 4.78 is 11.7. The standard InChI is InChI=1S/C21H22N4O5/c1-24(17(26)13-30-16-10-8-15(29-2)9-11-16)18-19(22)25(21(28)23-20(18)27)12-14-6-4-3-5-7-14/h3-11H,12-13,22H2,1-2H3,(H,23,27,28). The lowest BCUT2D eigenvalue weighted by atomic mass is 10.2. The quantitative estimate of drug-likeness (QED) is 0.604. The highest BCUT2D eigenvalue weighted by atomic mass is 16.5. The van der Waals surface area contributed by atoms with Gasteiger partial charge in [-0.3, -0.25) is 19.1 Å². The Morgan fingerprint density at radius 2 is 1.70 bits per heavy atom. The number of ether oxygens (including phenoxy) is 2. The Balaban J connectivity index is 1.81. The van der Waals surface area contributed by atoms with Crippen LogP contribution in [0.25, 0.3) is 0 Å². The summed E-state index contributed by atoms with van der Waals surface area (Å²) in [6.07, 6.45) is 0. The first-order valence-corrected chi connectivity index (χ1v) is 9.10. The van der Waals surface area contributed by atoms with Crippen LogP contribution in [0.15, 0.2) is 64.2 Å². The number of hydrogen-bond donors (Lipinski definition) is 2. The molecule has 3 aromatic rings. The van der Waals surface area contributed by atoms with Crippen molar-refractivity contribution in [1.82, 2.24) is 9.55 Å². The number of amides is 1. The fourth-order valence-electron chi connectivity index (χ4n) is 2.86. The number of benzene rings is 2. The lowest BCUT2D eigenvalue weighted by molar-refractivity contribution is -0.120. The molecule has 2 aromatic carbocycles. The Morgan fingerprint density at radius 3 is 2.33 bits per heavy atom. The second-order valence-corrected chi connectivity index (χ2v) is 6.48. The first kappa shape index (κ1) is 20.7. The van der Waals surface area contributed by atoms with Crippen LogP contribution in [-0.2, 0) is 11.3 Å². The summed E-state index contributed by atoms with van der Waals surface area (Å²) in [6.45, 7) is -0.167. The molecular formula is C21H22N4O5. The van der Waals surface area contributed by atoms with Crippen LogP contribution in [0.3, 0.4) is 0 Å². The van der Waals surface area contributed by atoms with Crippen LogP contribution in [0.4, 0.5) is 11.5 Å². The molecule has 1 aromatic heterocycles. The molecule has 0 aliphatic heterocycles. The molecule has 1 heterocycles. The number of likely N-dealkylation sites (N-methyl/N-ethyl adjacent to an activating group) is 1. The van der Waals surface area contributed by atoms with Gasteiger partial charge in [0.1, 0.15) is 17.3 Å². The van der Waals surface area contributed by atoms with Crippen LogP contribution in [0.1, 0.15) is 5.56 Å². The van der Waals surface area contributed by atoms with Crippen LogP contribution in [-0.4, -0.2) is 36.2 Å². The maximum Gasteiger partial charge on any atom is 0.330 e. The van der Waals surface area contributed by atoms with Gasteiger partial charge in [-0.05, 0) is 29.8 Å². The second-order valence-electron chi connectivity index (χ2n) is 6.48. The zero-order valence-corrected chi connectivity index (χ0v) is 16.6. The Morgan fingerprint density at radius 1 is 1.07 bits per heavy atom. The average Bonchev–Trinajstić information content (AvgIpc) is 2.75. The number of hydrogen-bond acceptors (Lipinski definition) is 6. The number of H-pyrrole nitrogens is 1. The van der Waals surface area contributed by atoms with Gasteiger partial charge in [0.2, 0.25) is 0 Å². The van der Waals surface area contributed by atoms with Crippen LogP contribution >= 0.6 is 0 Å². The molecule has 0 fully saturated rings. The van der Waals surface area contributed by atoms with Crippen molar-refractivity contribution in [3.05, 3.63) is 81.0 Å². The molecule has 0 saturated carbocycles. The Kier molecular flexibility index (Phi) is 6.21. The molecule has 0 bridgehead atoms. The fraction of sp³-hybridized carbons (Fsp3) is 0.190. The van der Waals surface area contributed by atoms with Crippen molar-refractivity contribution < 1.29 is 14.3 Å². The molecule has 0 aliphatic carbocycles. The molecule has 0 unspecified atom stereocenters. The number of nitrogens with one attached hydrogen (secondary N) is 1. The van der Waals surface area contributed by atoms with E-state index in [1.165, 1.54) is 11.6 Å². The van der Waals surface area contributed by atoms with Crippen molar-refractivity contribution in [2.75, 3.05) is 31.4 Å². The summed E-state index contributed by atoms with van der Waals surface area (Å²) in [5.74, 6) is 0.514. The predicted molar refractivity (Wildman–Crippen MR) is 113 cm³/mol. The number of nitrogens with zero attached hydrogens (tertiary/aromatic N) is 2. The number of carbonyl (C=O) groups excluding carboxylic acids is 1. The fourth-order valence-corrected chi connectivity index (χ4v) is 2.86. The van der Waals surface area contributed by atoms with E-state index in [1.54, 1.807) is 31.4 Å². The van der Waals surface area contributed by atoms with E-state index in [-0.39, 0.29) is 24.7 Å². The molecule has 3 N–H and O–H groups in total. The van der Waals surface area contributed by atoms with E-state index in [1.807, 2.05) is 30.3 Å². The van der Waals surface area contributed by atoms with Gasteiger partial charge in [0.25, 0.3) is 11.5 Å². The van der Waals surface area contributed by atoms with Crippen molar-refractivity contribution in [3.63, 3.8) is 0 Å². The van der Waals surface area contributed by atoms with Crippen molar-refractivity contribution in [3.8, 4) is 11.5 Å². The highest BCUT2D eigenvalue weighted by Gasteiger charge is 2.21. The maximum atomic E-state index is 12.6. The van der Waals surface area contributed by atoms with Gasteiger partial charge in [-0.2, -0.15) is 0 Å². The average molecular weight is 410 g/mol. The number of nitrogens with two attached hydrogens (primary N) is 1. The Bertz CT molecular complexity index is 1140. The summed E-state index contributed by atoms with van der Waals surface area (Å²) >= 11 is 0. The minimum atomic E-state index is -0.748. The van der Waals surface area contributed by atoms with E-state index >= 15 is 0 Å². The zero-order valence-electron chi connectivity index (χ0n) is 16.6. The van der Waals surface area contributed by atoms with Crippen molar-refractivity contribution in [2.24, 2.45) is 0 Å². The highest BCUT2D eigenvalue weighted by Crippen LogP contribution is 2.19. The summed E-state index contributed by atoms with van der Waals surface area (Å²) in [4.78, 5) is 40.5. The van der Waals surface area contributed by atoms with Gasteiger partial charge in [-0.15, -0.1) is 0 Å². The minimum Gasteiger partial charge on any atom is -0.497 e. The van der Waals surface area contributed by atoms with Crippen molar-refractivity contribution >= 4 is 17.4 Å². The summed E-state index contributed by atoms with van der Waals surface area (Å²) in [7, 11) is 2.95. The molecule has 0 aliphatic rings. The third-order valence-corrected chi connectivity index (χ3v) is 4.53. The number of aromatic amines is 1. The van der Waals surface area contributed by atoms with E-state index < -0.39 is 17.2 Å². The normalized spacial score (nSPS) is 10.5. The number of methoxy groups -OCH3 is 1. The zero-order chi connectivity index (χ0) is 21.7. The van der Waals surface area contributed by atoms with Gasteiger partial charge in [-0.1, -0.05) is 30.3 Å². The molecule has 0 saturated heterocycles. The second kappa shape index (κ2) is 8.99. The molecule has 0 spiro atoms. The van der Waals surface area contributed by atoms with E-state index in [9.17, 15) is 14.4 Å². The topological polar surface area (TPSA) is 120 Å². The van der Waals surface area contributed by atoms with Crippen LogP contribution in [0.5, 0.6) is 11.5 Å². The molecule has 156 valence electrons. The molecule has 0 radical (unpaired) electrons. The van der Waals surface area contributed by atoms with Crippen molar-refractivity contribution in [1.29, 1.82) is 0 Å². The summed E-state index contributed by atoms with van der Waals surface area (Å²) in [5.41, 5.74) is 5.41. The van der Waals surface area contributed by atoms with Crippen LogP contribution < -0.4 is 31.4 Å². The van der Waals surface area contributed by atoms with Gasteiger partial charge in [-0.25, -0.2) is 4.79 Å². The van der Waals surface area contributed by atoms with Gasteiger partial charge in [0.15, 0.2) is 12.3 Å².